The summed E-state index contributed by atoms with van der Waals surface area (Å²) in [5, 5.41) is 11.4. The van der Waals surface area contributed by atoms with Crippen molar-refractivity contribution in [2.24, 2.45) is 16.5 Å². The van der Waals surface area contributed by atoms with Gasteiger partial charge >= 0.3 is 12.1 Å². The fraction of sp³-hybridized carbons (Fsp3) is 0.333. The van der Waals surface area contributed by atoms with Crippen molar-refractivity contribution >= 4 is 23.9 Å². The molecular formula is C24H29N5O5. The van der Waals surface area contributed by atoms with Gasteiger partial charge in [0.15, 0.2) is 5.96 Å². The van der Waals surface area contributed by atoms with E-state index in [4.69, 9.17) is 21.3 Å². The van der Waals surface area contributed by atoms with Crippen molar-refractivity contribution in [3.8, 4) is 11.1 Å². The molecule has 0 saturated carbocycles. The molecule has 10 nitrogen and oxygen atoms in total. The first-order valence-electron chi connectivity index (χ1n) is 11.0. The van der Waals surface area contributed by atoms with E-state index < -0.39 is 24.0 Å². The Balaban J connectivity index is 0.000000406. The van der Waals surface area contributed by atoms with E-state index in [-0.39, 0.29) is 31.6 Å². The first kappa shape index (κ1) is 24.6. The number of carbonyl (C=O) groups excluding carboxylic acids is 2. The molecule has 0 bridgehead atoms. The number of nitrogens with one attached hydrogen (secondary N) is 1. The number of nitrogens with zero attached hydrogens (tertiary/aromatic N) is 2. The minimum Gasteiger partial charge on any atom is -0.480 e. The molecule has 1 fully saturated rings. The van der Waals surface area contributed by atoms with Crippen LogP contribution in [0.4, 0.5) is 4.79 Å². The highest BCUT2D eigenvalue weighted by molar-refractivity contribution is 5.89. The molecule has 2 aliphatic rings. The Morgan fingerprint density at radius 3 is 2.21 bits per heavy atom. The molecule has 1 aliphatic carbocycles. The van der Waals surface area contributed by atoms with Crippen LogP contribution in [0.5, 0.6) is 0 Å². The minimum atomic E-state index is -1.18. The quantitative estimate of drug-likeness (QED) is 0.383. The van der Waals surface area contributed by atoms with E-state index in [2.05, 4.69) is 10.3 Å². The number of carboxylic acid groups (broad SMARTS) is 1. The van der Waals surface area contributed by atoms with Crippen molar-refractivity contribution in [3.05, 3.63) is 59.7 Å². The van der Waals surface area contributed by atoms with Crippen molar-refractivity contribution in [1.29, 1.82) is 0 Å². The van der Waals surface area contributed by atoms with E-state index in [1.165, 1.54) is 0 Å². The second-order valence-corrected chi connectivity index (χ2v) is 7.95. The van der Waals surface area contributed by atoms with E-state index in [0.717, 1.165) is 40.1 Å². The fourth-order valence-corrected chi connectivity index (χ4v) is 3.95. The number of amides is 2. The van der Waals surface area contributed by atoms with Crippen LogP contribution in [0.3, 0.4) is 0 Å². The van der Waals surface area contributed by atoms with Gasteiger partial charge in [0.2, 0.25) is 5.91 Å². The number of carboxylic acids is 1. The number of piperazine rings is 1. The van der Waals surface area contributed by atoms with Crippen molar-refractivity contribution in [2.45, 2.75) is 25.3 Å². The third kappa shape index (κ3) is 5.83. The van der Waals surface area contributed by atoms with E-state index in [1.54, 1.807) is 0 Å². The number of nitrogens with two attached hydrogens (primary N) is 2. The number of aliphatic imine (C=N–C) groups is 1. The molecule has 0 spiro atoms. The third-order valence-corrected chi connectivity index (χ3v) is 5.48. The maximum Gasteiger partial charge on any atom is 0.410 e. The van der Waals surface area contributed by atoms with Crippen LogP contribution in [-0.4, -0.2) is 66.2 Å². The summed E-state index contributed by atoms with van der Waals surface area (Å²) in [5.74, 6) is -1.60. The normalized spacial score (nSPS) is 16.3. The second-order valence-electron chi connectivity index (χ2n) is 7.95. The summed E-state index contributed by atoms with van der Waals surface area (Å²) in [6.07, 6.45) is 0.315. The minimum absolute atomic E-state index is 0.0877. The van der Waals surface area contributed by atoms with Gasteiger partial charge in [0.1, 0.15) is 19.2 Å². The van der Waals surface area contributed by atoms with Crippen LogP contribution in [0.1, 0.15) is 30.4 Å². The van der Waals surface area contributed by atoms with Gasteiger partial charge in [-0.3, -0.25) is 14.7 Å². The van der Waals surface area contributed by atoms with E-state index in [0.29, 0.717) is 0 Å². The number of guanidine groups is 1. The summed E-state index contributed by atoms with van der Waals surface area (Å²) in [4.78, 5) is 40.0. The Hall–Kier alpha value is -4.08. The molecule has 1 unspecified atom stereocenters. The molecule has 34 heavy (non-hydrogen) atoms. The van der Waals surface area contributed by atoms with Gasteiger partial charge in [-0.25, -0.2) is 9.59 Å². The SMILES string of the molecule is CCCN=C(N)N.O=C1CN(C(=O)OCC2c3ccccc3-c3ccccc32)CC(C(=O)O)N1. The average Bonchev–Trinajstić information content (AvgIpc) is 3.15. The van der Waals surface area contributed by atoms with Crippen LogP contribution in [0, 0.1) is 0 Å². The van der Waals surface area contributed by atoms with Gasteiger partial charge in [-0.2, -0.15) is 0 Å². The summed E-state index contributed by atoms with van der Waals surface area (Å²) in [6.45, 7) is 2.57. The lowest BCUT2D eigenvalue weighted by Gasteiger charge is -2.30. The number of carbonyl (C=O) groups is 3. The molecule has 4 rings (SSSR count). The van der Waals surface area contributed by atoms with Gasteiger partial charge in [-0.05, 0) is 28.7 Å². The molecule has 2 aromatic carbocycles. The molecule has 0 radical (unpaired) electrons. The first-order chi connectivity index (χ1) is 16.3. The summed E-state index contributed by atoms with van der Waals surface area (Å²) in [6, 6.07) is 14.9. The number of rotatable bonds is 5. The lowest BCUT2D eigenvalue weighted by atomic mass is 9.98. The zero-order valence-electron chi connectivity index (χ0n) is 18.9. The number of ether oxygens (including phenoxy) is 1. The van der Waals surface area contributed by atoms with E-state index in [9.17, 15) is 14.4 Å². The Labute approximate surface area is 197 Å². The Morgan fingerprint density at radius 1 is 1.12 bits per heavy atom. The van der Waals surface area contributed by atoms with Crippen LogP contribution >= 0.6 is 0 Å². The summed E-state index contributed by atoms with van der Waals surface area (Å²) in [5.41, 5.74) is 14.4. The van der Waals surface area contributed by atoms with Crippen LogP contribution in [0.25, 0.3) is 11.1 Å². The van der Waals surface area contributed by atoms with Gasteiger partial charge in [-0.1, -0.05) is 55.5 Å². The average molecular weight is 468 g/mol. The molecule has 2 aromatic rings. The zero-order valence-corrected chi connectivity index (χ0v) is 18.9. The lowest BCUT2D eigenvalue weighted by molar-refractivity contribution is -0.144. The maximum absolute atomic E-state index is 12.4. The fourth-order valence-electron chi connectivity index (χ4n) is 3.95. The number of hydrogen-bond acceptors (Lipinski definition) is 5. The Bertz CT molecular complexity index is 1040. The van der Waals surface area contributed by atoms with Crippen molar-refractivity contribution in [3.63, 3.8) is 0 Å². The predicted octanol–water partition coefficient (Wildman–Crippen LogP) is 1.49. The molecule has 180 valence electrons. The van der Waals surface area contributed by atoms with Crippen molar-refractivity contribution in [2.75, 3.05) is 26.2 Å². The van der Waals surface area contributed by atoms with Gasteiger partial charge in [-0.15, -0.1) is 0 Å². The summed E-state index contributed by atoms with van der Waals surface area (Å²) in [7, 11) is 0. The third-order valence-electron chi connectivity index (χ3n) is 5.48. The lowest BCUT2D eigenvalue weighted by Crippen LogP contribution is -2.58. The largest absolute Gasteiger partial charge is 0.480 e. The van der Waals surface area contributed by atoms with Crippen LogP contribution < -0.4 is 16.8 Å². The number of fused-ring (bicyclic) bond motifs is 3. The highest BCUT2D eigenvalue weighted by atomic mass is 16.6. The van der Waals surface area contributed by atoms with Gasteiger partial charge in [0.05, 0.1) is 6.54 Å². The van der Waals surface area contributed by atoms with Crippen LogP contribution in [-0.2, 0) is 14.3 Å². The topological polar surface area (TPSA) is 160 Å². The van der Waals surface area contributed by atoms with E-state index >= 15 is 0 Å². The number of aliphatic carboxylic acids is 1. The van der Waals surface area contributed by atoms with Crippen LogP contribution in [0.2, 0.25) is 0 Å². The smallest absolute Gasteiger partial charge is 0.410 e. The zero-order chi connectivity index (χ0) is 24.7. The molecule has 6 N–H and O–H groups in total. The monoisotopic (exact) mass is 467 g/mol. The van der Waals surface area contributed by atoms with Crippen molar-refractivity contribution in [1.82, 2.24) is 10.2 Å². The second kappa shape index (κ2) is 11.2. The standard InChI is InChI=1S/C20H18N2O5.C4H11N3/c23-18-10-22(9-17(21-18)19(24)25)20(26)27-11-16-14-7-3-1-5-12(14)13-6-2-4-8-15(13)16;1-2-3-7-4(5)6/h1-8,16-17H,9-11H2,(H,21,23)(H,24,25);2-3H2,1H3,(H4,5,6,7). The number of hydrogen-bond donors (Lipinski definition) is 4. The molecule has 1 saturated heterocycles. The van der Waals surface area contributed by atoms with Crippen molar-refractivity contribution < 1.29 is 24.2 Å². The van der Waals surface area contributed by atoms with Crippen LogP contribution in [0.15, 0.2) is 53.5 Å². The Kier molecular flexibility index (Phi) is 8.07. The highest BCUT2D eigenvalue weighted by Crippen LogP contribution is 2.44. The van der Waals surface area contributed by atoms with Gasteiger partial charge in [0.25, 0.3) is 0 Å². The predicted molar refractivity (Wildman–Crippen MR) is 127 cm³/mol. The Morgan fingerprint density at radius 2 is 1.71 bits per heavy atom. The number of benzene rings is 2. The molecule has 2 amide bonds. The summed E-state index contributed by atoms with van der Waals surface area (Å²) < 4.78 is 5.47. The first-order valence-corrected chi connectivity index (χ1v) is 11.0. The van der Waals surface area contributed by atoms with Gasteiger partial charge < -0.3 is 26.6 Å². The van der Waals surface area contributed by atoms with Gasteiger partial charge in [0, 0.05) is 12.5 Å². The molecule has 1 atom stereocenters. The molecular weight excluding hydrogens is 438 g/mol. The highest BCUT2D eigenvalue weighted by Gasteiger charge is 2.34. The molecule has 1 heterocycles. The maximum atomic E-state index is 12.4. The summed E-state index contributed by atoms with van der Waals surface area (Å²) >= 11 is 0. The molecule has 10 heteroatoms. The molecule has 1 aliphatic heterocycles. The molecule has 0 aromatic heterocycles. The van der Waals surface area contributed by atoms with E-state index in [1.807, 2.05) is 55.5 Å².